The van der Waals surface area contributed by atoms with Gasteiger partial charge in [0.15, 0.2) is 0 Å². The summed E-state index contributed by atoms with van der Waals surface area (Å²) in [5.74, 6) is -1.42. The smallest absolute Gasteiger partial charge is 0.360 e. The molecule has 0 spiro atoms. The highest BCUT2D eigenvalue weighted by Gasteiger charge is 2.49. The lowest BCUT2D eigenvalue weighted by Crippen LogP contribution is -2.46. The van der Waals surface area contributed by atoms with Gasteiger partial charge in [0.2, 0.25) is 0 Å². The van der Waals surface area contributed by atoms with Crippen molar-refractivity contribution in [2.45, 2.75) is 12.5 Å². The van der Waals surface area contributed by atoms with E-state index in [1.54, 1.807) is 0 Å². The molecule has 74 valence electrons. The van der Waals surface area contributed by atoms with Gasteiger partial charge >= 0.3 is 12.1 Å². The summed E-state index contributed by atoms with van der Waals surface area (Å²) in [6, 6.07) is 0. The van der Waals surface area contributed by atoms with Crippen molar-refractivity contribution in [2.24, 2.45) is 5.92 Å². The molecule has 0 amide bonds. The Morgan fingerprint density at radius 2 is 2.46 bits per heavy atom. The lowest BCUT2D eigenvalue weighted by atomic mass is 10.0. The lowest BCUT2D eigenvalue weighted by Gasteiger charge is -2.35. The number of hydrogen-bond donors (Lipinski definition) is 0. The molecule has 1 aliphatic heterocycles. The Morgan fingerprint density at radius 3 is 2.85 bits per heavy atom. The van der Waals surface area contributed by atoms with Gasteiger partial charge in [-0.05, 0) is 6.42 Å². The fraction of sp³-hybridized carbons (Fsp3) is 0.625. The maximum Gasteiger partial charge on any atom is 0.360 e. The van der Waals surface area contributed by atoms with E-state index in [2.05, 4.69) is 16.1 Å². The molecule has 1 fully saturated rings. The van der Waals surface area contributed by atoms with Crippen LogP contribution < -0.4 is 0 Å². The van der Waals surface area contributed by atoms with Gasteiger partial charge in [-0.25, -0.2) is 4.79 Å². The highest BCUT2D eigenvalue weighted by Crippen LogP contribution is 2.37. The summed E-state index contributed by atoms with van der Waals surface area (Å²) >= 11 is 0. The van der Waals surface area contributed by atoms with Crippen LogP contribution in [0.4, 0.5) is 8.78 Å². The molecular formula is C8H10F2O3. The summed E-state index contributed by atoms with van der Waals surface area (Å²) in [6.07, 6.45) is -1.93. The van der Waals surface area contributed by atoms with Crippen molar-refractivity contribution in [3.05, 3.63) is 12.7 Å². The summed E-state index contributed by atoms with van der Waals surface area (Å²) in [7, 11) is 0. The van der Waals surface area contributed by atoms with Crippen LogP contribution in [0.2, 0.25) is 0 Å². The first-order valence-corrected chi connectivity index (χ1v) is 3.87. The number of rotatable bonds is 4. The van der Waals surface area contributed by atoms with Crippen molar-refractivity contribution in [2.75, 3.05) is 13.2 Å². The third-order valence-corrected chi connectivity index (χ3v) is 1.83. The molecule has 1 rings (SSSR count). The first kappa shape index (κ1) is 10.1. The first-order valence-electron chi connectivity index (χ1n) is 3.87. The molecule has 1 atom stereocenters. The zero-order valence-corrected chi connectivity index (χ0v) is 6.96. The number of esters is 1. The molecule has 3 nitrogen and oxygen atoms in total. The molecule has 0 aliphatic carbocycles. The number of carbonyl (C=O) groups excluding carboxylic acids is 1. The highest BCUT2D eigenvalue weighted by atomic mass is 19.3. The number of hydrogen-bond acceptors (Lipinski definition) is 3. The molecule has 1 saturated heterocycles. The molecule has 5 heteroatoms. The minimum atomic E-state index is -3.04. The van der Waals surface area contributed by atoms with Gasteiger partial charge in [0.05, 0.1) is 19.1 Å². The Morgan fingerprint density at radius 1 is 1.77 bits per heavy atom. The van der Waals surface area contributed by atoms with Gasteiger partial charge in [0, 0.05) is 6.08 Å². The maximum absolute atomic E-state index is 12.4. The molecule has 0 bridgehead atoms. The molecule has 0 aromatic carbocycles. The second-order valence-electron chi connectivity index (χ2n) is 2.73. The number of halogens is 2. The second-order valence-corrected chi connectivity index (χ2v) is 2.73. The monoisotopic (exact) mass is 192 g/mol. The van der Waals surface area contributed by atoms with Crippen LogP contribution in [0.1, 0.15) is 6.42 Å². The van der Waals surface area contributed by atoms with Crippen molar-refractivity contribution < 1.29 is 23.0 Å². The fourth-order valence-corrected chi connectivity index (χ4v) is 0.939. The van der Waals surface area contributed by atoms with Crippen LogP contribution in [0, 0.1) is 5.92 Å². The predicted molar refractivity (Wildman–Crippen MR) is 40.2 cm³/mol. The largest absolute Gasteiger partial charge is 0.463 e. The Kier molecular flexibility index (Phi) is 2.98. The quantitative estimate of drug-likeness (QED) is 0.498. The third kappa shape index (κ3) is 2.48. The topological polar surface area (TPSA) is 35.5 Å². The van der Waals surface area contributed by atoms with Crippen molar-refractivity contribution in [1.29, 1.82) is 0 Å². The van der Waals surface area contributed by atoms with Crippen LogP contribution in [0.15, 0.2) is 12.7 Å². The van der Waals surface area contributed by atoms with Gasteiger partial charge in [-0.3, -0.25) is 0 Å². The molecule has 1 heterocycles. The number of carbonyl (C=O) groups is 1. The molecule has 0 aromatic rings. The predicted octanol–water partition coefficient (Wildman–Crippen LogP) is 1.34. The molecule has 0 N–H and O–H groups in total. The Bertz CT molecular complexity index is 215. The number of alkyl halides is 2. The SMILES string of the molecule is C=CC(=O)OCCC1COC1(F)F. The van der Waals surface area contributed by atoms with Crippen molar-refractivity contribution in [3.8, 4) is 0 Å². The van der Waals surface area contributed by atoms with Crippen molar-refractivity contribution in [1.82, 2.24) is 0 Å². The van der Waals surface area contributed by atoms with Crippen LogP contribution in [-0.2, 0) is 14.3 Å². The van der Waals surface area contributed by atoms with Crippen molar-refractivity contribution in [3.63, 3.8) is 0 Å². The van der Waals surface area contributed by atoms with E-state index in [0.29, 0.717) is 0 Å². The average Bonchev–Trinajstić information content (AvgIpc) is 2.10. The van der Waals surface area contributed by atoms with Crippen LogP contribution in [-0.4, -0.2) is 25.3 Å². The third-order valence-electron chi connectivity index (χ3n) is 1.83. The fourth-order valence-electron chi connectivity index (χ4n) is 0.939. The van der Waals surface area contributed by atoms with Crippen LogP contribution in [0.3, 0.4) is 0 Å². The summed E-state index contributed by atoms with van der Waals surface area (Å²) in [5.41, 5.74) is 0. The van der Waals surface area contributed by atoms with Crippen LogP contribution >= 0.6 is 0 Å². The Labute approximate surface area is 74.3 Å². The lowest BCUT2D eigenvalue weighted by molar-refractivity contribution is -0.359. The van der Waals surface area contributed by atoms with Gasteiger partial charge in [-0.15, -0.1) is 0 Å². The summed E-state index contributed by atoms with van der Waals surface area (Å²) in [4.78, 5) is 10.5. The van der Waals surface area contributed by atoms with Crippen LogP contribution in [0.25, 0.3) is 0 Å². The highest BCUT2D eigenvalue weighted by molar-refractivity contribution is 5.81. The second kappa shape index (κ2) is 3.83. The molecule has 0 aromatic heterocycles. The molecule has 0 saturated carbocycles. The molecule has 1 unspecified atom stereocenters. The zero-order chi connectivity index (χ0) is 9.90. The van der Waals surface area contributed by atoms with E-state index in [-0.39, 0.29) is 19.6 Å². The Balaban J connectivity index is 2.13. The zero-order valence-electron chi connectivity index (χ0n) is 6.96. The van der Waals surface area contributed by atoms with E-state index in [0.717, 1.165) is 6.08 Å². The molecule has 0 radical (unpaired) electrons. The van der Waals surface area contributed by atoms with Gasteiger partial charge in [-0.1, -0.05) is 6.58 Å². The van der Waals surface area contributed by atoms with E-state index in [1.165, 1.54) is 0 Å². The molecule has 1 aliphatic rings. The van der Waals surface area contributed by atoms with Gasteiger partial charge < -0.3 is 9.47 Å². The van der Waals surface area contributed by atoms with E-state index >= 15 is 0 Å². The van der Waals surface area contributed by atoms with Gasteiger partial charge in [0.1, 0.15) is 0 Å². The standard InChI is InChI=1S/C8H10F2O3/c1-2-7(11)12-4-3-6-5-13-8(6,9)10/h2,6H,1,3-5H2. The average molecular weight is 192 g/mol. The van der Waals surface area contributed by atoms with Crippen molar-refractivity contribution >= 4 is 5.97 Å². The first-order chi connectivity index (χ1) is 6.06. The summed E-state index contributed by atoms with van der Waals surface area (Å²) < 4.78 is 33.4. The van der Waals surface area contributed by atoms with E-state index < -0.39 is 18.0 Å². The van der Waals surface area contributed by atoms with Gasteiger partial charge in [-0.2, -0.15) is 8.78 Å². The van der Waals surface area contributed by atoms with Gasteiger partial charge in [0.25, 0.3) is 0 Å². The molecular weight excluding hydrogens is 182 g/mol. The maximum atomic E-state index is 12.4. The summed E-state index contributed by atoms with van der Waals surface area (Å²) in [6.45, 7) is 3.18. The molecule has 13 heavy (non-hydrogen) atoms. The number of ether oxygens (including phenoxy) is 2. The minimum absolute atomic E-state index is 0.0194. The normalized spacial score (nSPS) is 24.6. The van der Waals surface area contributed by atoms with E-state index in [9.17, 15) is 13.6 Å². The van der Waals surface area contributed by atoms with E-state index in [1.807, 2.05) is 0 Å². The Hall–Kier alpha value is -0.970. The van der Waals surface area contributed by atoms with Crippen LogP contribution in [0.5, 0.6) is 0 Å². The minimum Gasteiger partial charge on any atom is -0.463 e. The summed E-state index contributed by atoms with van der Waals surface area (Å²) in [5, 5.41) is 0. The van der Waals surface area contributed by atoms with E-state index in [4.69, 9.17) is 0 Å².